The normalized spacial score (nSPS) is 13.6. The average molecular weight is 777 g/mol. The molecule has 1 unspecified atom stereocenters. The van der Waals surface area contributed by atoms with Crippen LogP contribution in [0.25, 0.3) is 22.3 Å². The molecule has 1 aliphatic rings. The van der Waals surface area contributed by atoms with Gasteiger partial charge in [-0.25, -0.2) is 14.2 Å². The Bertz CT molecular complexity index is 2320. The van der Waals surface area contributed by atoms with Crippen molar-refractivity contribution in [2.45, 2.75) is 51.0 Å². The van der Waals surface area contributed by atoms with Crippen LogP contribution in [0.1, 0.15) is 65.6 Å². The molecule has 0 aliphatic heterocycles. The summed E-state index contributed by atoms with van der Waals surface area (Å²) in [5, 5.41) is 29.1. The van der Waals surface area contributed by atoms with Gasteiger partial charge in [-0.1, -0.05) is 11.3 Å². The second-order valence-electron chi connectivity index (χ2n) is 13.5. The molecular formula is C41H44N8O8. The Balaban J connectivity index is 0.718. The predicted octanol–water partition coefficient (Wildman–Crippen LogP) is 4.41. The monoisotopic (exact) mass is 776 g/mol. The van der Waals surface area contributed by atoms with Gasteiger partial charge in [0.05, 0.1) is 56.2 Å². The van der Waals surface area contributed by atoms with Crippen LogP contribution in [0.4, 0.5) is 0 Å². The van der Waals surface area contributed by atoms with E-state index in [0.717, 1.165) is 48.4 Å². The number of aromatic nitrogens is 6. The Morgan fingerprint density at radius 2 is 1.81 bits per heavy atom. The average Bonchev–Trinajstić information content (AvgIpc) is 3.89. The van der Waals surface area contributed by atoms with Crippen molar-refractivity contribution >= 4 is 22.8 Å². The number of hydrogen-bond acceptors (Lipinski definition) is 12. The number of rotatable bonds is 19. The van der Waals surface area contributed by atoms with Crippen LogP contribution in [0.15, 0.2) is 94.5 Å². The number of phenols is 1. The summed E-state index contributed by atoms with van der Waals surface area (Å²) in [6, 6.07) is 19.1. The largest absolute Gasteiger partial charge is 0.508 e. The minimum atomic E-state index is -0.588. The maximum absolute atomic E-state index is 12.7. The van der Waals surface area contributed by atoms with Gasteiger partial charge in [-0.2, -0.15) is 5.10 Å². The zero-order valence-corrected chi connectivity index (χ0v) is 31.3. The van der Waals surface area contributed by atoms with Crippen molar-refractivity contribution in [3.05, 3.63) is 118 Å². The summed E-state index contributed by atoms with van der Waals surface area (Å²) in [5.74, 6) is 0.492. The summed E-state index contributed by atoms with van der Waals surface area (Å²) >= 11 is 0. The molecule has 16 nitrogen and oxygen atoms in total. The molecule has 0 radical (unpaired) electrons. The van der Waals surface area contributed by atoms with Crippen LogP contribution in [0.2, 0.25) is 0 Å². The highest BCUT2D eigenvalue weighted by Crippen LogP contribution is 2.31. The van der Waals surface area contributed by atoms with Crippen LogP contribution in [-0.2, 0) is 27.1 Å². The van der Waals surface area contributed by atoms with Gasteiger partial charge in [0.2, 0.25) is 5.91 Å². The Hall–Kier alpha value is -6.39. The van der Waals surface area contributed by atoms with Crippen LogP contribution in [0.3, 0.4) is 0 Å². The molecule has 1 atom stereocenters. The highest BCUT2D eigenvalue weighted by molar-refractivity contribution is 5.92. The van der Waals surface area contributed by atoms with Crippen LogP contribution in [0, 0.1) is 0 Å². The van der Waals surface area contributed by atoms with Gasteiger partial charge in [-0.15, -0.1) is 5.10 Å². The van der Waals surface area contributed by atoms with Crippen molar-refractivity contribution in [3.8, 4) is 22.9 Å². The molecule has 16 heteroatoms. The topological polar surface area (TPSA) is 198 Å². The maximum atomic E-state index is 12.7. The van der Waals surface area contributed by atoms with Crippen molar-refractivity contribution in [2.24, 2.45) is 0 Å². The molecule has 0 fully saturated rings. The van der Waals surface area contributed by atoms with Crippen molar-refractivity contribution in [3.63, 3.8) is 0 Å². The van der Waals surface area contributed by atoms with Crippen LogP contribution < -0.4 is 21.0 Å². The lowest BCUT2D eigenvalue weighted by molar-refractivity contribution is -0.121. The standard InChI is InChI=1S/C41H44N8O8/c50-31-14-11-28-24-37(41(53)57-38(28)25-31)48-27-29(46-47-48)6-1-2-10-39(51)43-18-19-54-20-21-55-22-23-56-32-15-12-30(13-16-32)49-36-9-5-8-34(33(36)26-44-49)45-40(52)35-7-3-4-17-42-35/h3-4,7,11-17,24-27,34,50H,1-2,5-6,8-10,18-23H2,(H,43,51)(H,45,52). The van der Waals surface area contributed by atoms with E-state index in [1.807, 2.05) is 35.1 Å². The first-order chi connectivity index (χ1) is 27.9. The van der Waals surface area contributed by atoms with E-state index in [1.165, 1.54) is 16.8 Å². The highest BCUT2D eigenvalue weighted by Gasteiger charge is 2.26. The number of aryl methyl sites for hydroxylation is 1. The summed E-state index contributed by atoms with van der Waals surface area (Å²) in [6.45, 7) is 2.39. The van der Waals surface area contributed by atoms with Gasteiger partial charge in [-0.05, 0) is 93.1 Å². The molecule has 296 valence electrons. The maximum Gasteiger partial charge on any atom is 0.362 e. The molecular weight excluding hydrogens is 732 g/mol. The van der Waals surface area contributed by atoms with Crippen LogP contribution in [0.5, 0.6) is 11.5 Å². The molecule has 2 amide bonds. The highest BCUT2D eigenvalue weighted by atomic mass is 16.5. The number of fused-ring (bicyclic) bond motifs is 2. The molecule has 57 heavy (non-hydrogen) atoms. The number of hydrogen-bond donors (Lipinski definition) is 3. The SMILES string of the molecule is O=C(CCCCc1cn(-c2cc3ccc(O)cc3oc2=O)nn1)NCCOCCOCCOc1ccc(-n2ncc3c2CCCC3NC(=O)c2ccccn2)cc1. The van der Waals surface area contributed by atoms with E-state index < -0.39 is 5.63 Å². The number of phenolic OH excluding ortho intramolecular Hbond substituents is 1. The summed E-state index contributed by atoms with van der Waals surface area (Å²) in [4.78, 5) is 41.5. The van der Waals surface area contributed by atoms with Crippen molar-refractivity contribution in [1.29, 1.82) is 0 Å². The molecule has 7 rings (SSSR count). The van der Waals surface area contributed by atoms with E-state index in [-0.39, 0.29) is 34.9 Å². The number of ether oxygens (including phenoxy) is 3. The zero-order valence-electron chi connectivity index (χ0n) is 31.3. The summed E-state index contributed by atoms with van der Waals surface area (Å²) < 4.78 is 25.7. The molecule has 6 aromatic rings. The minimum absolute atomic E-state index is 0.0114. The molecule has 3 N–H and O–H groups in total. The molecule has 4 aromatic heterocycles. The van der Waals surface area contributed by atoms with Gasteiger partial charge < -0.3 is 34.4 Å². The van der Waals surface area contributed by atoms with E-state index in [1.54, 1.807) is 42.7 Å². The summed E-state index contributed by atoms with van der Waals surface area (Å²) in [7, 11) is 0. The third-order valence-corrected chi connectivity index (χ3v) is 9.48. The van der Waals surface area contributed by atoms with E-state index in [9.17, 15) is 19.5 Å². The number of pyridine rings is 1. The smallest absolute Gasteiger partial charge is 0.362 e. The first kappa shape index (κ1) is 38.9. The predicted molar refractivity (Wildman–Crippen MR) is 208 cm³/mol. The van der Waals surface area contributed by atoms with E-state index in [2.05, 4.69) is 31.0 Å². The first-order valence-corrected chi connectivity index (χ1v) is 19.0. The van der Waals surface area contributed by atoms with Crippen molar-refractivity contribution < 1.29 is 33.3 Å². The van der Waals surface area contributed by atoms with Crippen LogP contribution in [-0.4, -0.2) is 86.3 Å². The van der Waals surface area contributed by atoms with Gasteiger partial charge in [-0.3, -0.25) is 14.6 Å². The lowest BCUT2D eigenvalue weighted by Crippen LogP contribution is -2.31. The minimum Gasteiger partial charge on any atom is -0.508 e. The number of carbonyl (C=O) groups is 2. The lowest BCUT2D eigenvalue weighted by Gasteiger charge is -2.24. The van der Waals surface area contributed by atoms with Gasteiger partial charge in [0.15, 0.2) is 5.69 Å². The van der Waals surface area contributed by atoms with Gasteiger partial charge in [0.1, 0.15) is 29.4 Å². The molecule has 0 spiro atoms. The molecule has 2 aromatic carbocycles. The zero-order chi connectivity index (χ0) is 39.4. The van der Waals surface area contributed by atoms with E-state index in [0.29, 0.717) is 75.6 Å². The third kappa shape index (κ3) is 10.3. The number of carbonyl (C=O) groups excluding carboxylic acids is 2. The van der Waals surface area contributed by atoms with E-state index in [4.69, 9.17) is 18.6 Å². The third-order valence-electron chi connectivity index (χ3n) is 9.48. The quantitative estimate of drug-likeness (QED) is 0.0775. The molecule has 0 saturated heterocycles. The number of benzene rings is 2. The number of nitrogens with one attached hydrogen (secondary N) is 2. The second-order valence-corrected chi connectivity index (χ2v) is 13.5. The van der Waals surface area contributed by atoms with E-state index >= 15 is 0 Å². The first-order valence-electron chi connectivity index (χ1n) is 19.0. The summed E-state index contributed by atoms with van der Waals surface area (Å²) in [6.07, 6.45) is 10.2. The molecule has 4 heterocycles. The summed E-state index contributed by atoms with van der Waals surface area (Å²) in [5.41, 5.74) is 4.06. The Morgan fingerprint density at radius 1 is 0.965 bits per heavy atom. The van der Waals surface area contributed by atoms with Crippen LogP contribution >= 0.6 is 0 Å². The molecule has 0 bridgehead atoms. The fourth-order valence-electron chi connectivity index (χ4n) is 6.60. The number of unbranched alkanes of at least 4 members (excludes halogenated alkanes) is 1. The van der Waals surface area contributed by atoms with Crippen molar-refractivity contribution in [1.82, 2.24) is 40.4 Å². The van der Waals surface area contributed by atoms with Gasteiger partial charge in [0, 0.05) is 41.9 Å². The fourth-order valence-corrected chi connectivity index (χ4v) is 6.60. The second kappa shape index (κ2) is 19.0. The molecule has 0 saturated carbocycles. The fraction of sp³-hybridized carbons (Fsp3) is 0.341. The number of amides is 2. The Kier molecular flexibility index (Phi) is 12.9. The van der Waals surface area contributed by atoms with Gasteiger partial charge >= 0.3 is 5.63 Å². The Labute approximate surface area is 327 Å². The number of nitrogens with zero attached hydrogens (tertiary/aromatic N) is 6. The number of aromatic hydroxyl groups is 1. The van der Waals surface area contributed by atoms with Gasteiger partial charge in [0.25, 0.3) is 5.91 Å². The lowest BCUT2D eigenvalue weighted by atomic mass is 9.92. The van der Waals surface area contributed by atoms with Crippen molar-refractivity contribution in [2.75, 3.05) is 39.6 Å². The Morgan fingerprint density at radius 3 is 2.65 bits per heavy atom. The molecule has 1 aliphatic carbocycles.